The van der Waals surface area contributed by atoms with Crippen LogP contribution in [-0.2, 0) is 16.4 Å². The predicted octanol–water partition coefficient (Wildman–Crippen LogP) is 3.94. The summed E-state index contributed by atoms with van der Waals surface area (Å²) >= 11 is 0. The molecule has 186 valence electrons. The van der Waals surface area contributed by atoms with Crippen molar-refractivity contribution >= 4 is 16.1 Å². The lowest BCUT2D eigenvalue weighted by Gasteiger charge is -2.30. The Balaban J connectivity index is 1.69. The van der Waals surface area contributed by atoms with Crippen LogP contribution in [0.3, 0.4) is 0 Å². The summed E-state index contributed by atoms with van der Waals surface area (Å²) in [5.74, 6) is -0.860. The molecule has 33 heavy (non-hydrogen) atoms. The highest BCUT2D eigenvalue weighted by Gasteiger charge is 2.41. The molecule has 1 unspecified atom stereocenters. The average Bonchev–Trinajstić information content (AvgIpc) is 2.80. The minimum Gasteiger partial charge on any atom is -0.309 e. The molecule has 10 heteroatoms. The normalized spacial score (nSPS) is 21.7. The van der Waals surface area contributed by atoms with Gasteiger partial charge in [0.2, 0.25) is 0 Å². The summed E-state index contributed by atoms with van der Waals surface area (Å²) in [6, 6.07) is 3.20. The van der Waals surface area contributed by atoms with Crippen molar-refractivity contribution in [3.05, 3.63) is 36.7 Å². The van der Waals surface area contributed by atoms with E-state index in [1.54, 1.807) is 31.3 Å². The monoisotopic (exact) mass is 488 g/mol. The molecular formula is C23H35F3N4O2S. The molecule has 0 radical (unpaired) electrons. The van der Waals surface area contributed by atoms with Crippen LogP contribution < -0.4 is 10.6 Å². The summed E-state index contributed by atoms with van der Waals surface area (Å²) in [6.07, 6.45) is 2.47. The molecule has 0 bridgehead atoms. The minimum absolute atomic E-state index is 0.0195. The number of nitrogens with zero attached hydrogens (tertiary/aromatic N) is 2. The number of hydrogen-bond donors (Lipinski definition) is 2. The molecule has 1 heterocycles. The van der Waals surface area contributed by atoms with E-state index in [9.17, 15) is 21.6 Å². The van der Waals surface area contributed by atoms with Crippen molar-refractivity contribution in [2.75, 3.05) is 18.8 Å². The van der Waals surface area contributed by atoms with E-state index < -0.39 is 21.9 Å². The van der Waals surface area contributed by atoms with Crippen LogP contribution in [0.2, 0.25) is 0 Å². The Labute approximate surface area is 195 Å². The average molecular weight is 489 g/mol. The Bertz CT molecular complexity index is 865. The number of hydrogen-bond acceptors (Lipinski definition) is 6. The number of pyridine rings is 1. The Morgan fingerprint density at radius 1 is 1.24 bits per heavy atom. The van der Waals surface area contributed by atoms with Gasteiger partial charge in [0.25, 0.3) is 0 Å². The molecular weight excluding hydrogens is 453 g/mol. The van der Waals surface area contributed by atoms with Gasteiger partial charge < -0.3 is 10.6 Å². The van der Waals surface area contributed by atoms with Gasteiger partial charge in [-0.15, -0.1) is 6.58 Å². The Morgan fingerprint density at radius 3 is 2.48 bits per heavy atom. The third-order valence-corrected chi connectivity index (χ3v) is 7.76. The third-order valence-electron chi connectivity index (χ3n) is 6.04. The first-order valence-electron chi connectivity index (χ1n) is 11.4. The maximum atomic E-state index is 12.8. The molecule has 6 nitrogen and oxygen atoms in total. The van der Waals surface area contributed by atoms with E-state index in [1.165, 1.54) is 6.20 Å². The minimum atomic E-state index is -4.07. The molecule has 0 aliphatic heterocycles. The molecule has 0 saturated heterocycles. The summed E-state index contributed by atoms with van der Waals surface area (Å²) in [7, 11) is -3.25. The standard InChI is InChI=1S/C23H35F3N4O2S/c1-4-20(29-13-18-6-8-19(9-7-18)23(24,25)26)14-27-12-17(3)28-15-21-10-11-22(16-30-21)33(31,32)5-2/h4,10-12,16-20,28-29H,1,5-9,13-15H2,2-3H3/t17?,18?,19?,20-/m0/s1. The van der Waals surface area contributed by atoms with Crippen LogP contribution in [0.1, 0.15) is 45.2 Å². The highest BCUT2D eigenvalue weighted by atomic mass is 32.2. The van der Waals surface area contributed by atoms with Gasteiger partial charge in [-0.05, 0) is 57.2 Å². The number of halogens is 3. The molecule has 1 aliphatic carbocycles. The Morgan fingerprint density at radius 2 is 1.94 bits per heavy atom. The van der Waals surface area contributed by atoms with Gasteiger partial charge in [0.05, 0.1) is 28.8 Å². The first-order chi connectivity index (χ1) is 15.5. The molecule has 1 aliphatic rings. The van der Waals surface area contributed by atoms with E-state index in [2.05, 4.69) is 27.2 Å². The van der Waals surface area contributed by atoms with Gasteiger partial charge in [-0.25, -0.2) is 8.42 Å². The molecule has 1 saturated carbocycles. The molecule has 2 atom stereocenters. The van der Waals surface area contributed by atoms with Crippen molar-refractivity contribution in [1.29, 1.82) is 0 Å². The van der Waals surface area contributed by atoms with Crippen molar-refractivity contribution in [3.8, 4) is 0 Å². The van der Waals surface area contributed by atoms with Gasteiger partial charge >= 0.3 is 6.18 Å². The fourth-order valence-electron chi connectivity index (χ4n) is 3.75. The fraction of sp³-hybridized carbons (Fsp3) is 0.652. The van der Waals surface area contributed by atoms with Crippen LogP contribution in [-0.4, -0.2) is 56.7 Å². The van der Waals surface area contributed by atoms with Crippen LogP contribution in [0.5, 0.6) is 0 Å². The van der Waals surface area contributed by atoms with Gasteiger partial charge in [0.15, 0.2) is 9.84 Å². The zero-order valence-electron chi connectivity index (χ0n) is 19.3. The lowest BCUT2D eigenvalue weighted by atomic mass is 9.81. The molecule has 1 aromatic rings. The van der Waals surface area contributed by atoms with Crippen molar-refractivity contribution in [3.63, 3.8) is 0 Å². The van der Waals surface area contributed by atoms with Gasteiger partial charge in [-0.1, -0.05) is 13.0 Å². The van der Waals surface area contributed by atoms with Crippen LogP contribution in [0.4, 0.5) is 13.2 Å². The third kappa shape index (κ3) is 9.17. The smallest absolute Gasteiger partial charge is 0.309 e. The van der Waals surface area contributed by atoms with Crippen molar-refractivity contribution in [1.82, 2.24) is 15.6 Å². The summed E-state index contributed by atoms with van der Waals surface area (Å²) in [6.45, 7) is 9.01. The summed E-state index contributed by atoms with van der Waals surface area (Å²) < 4.78 is 62.0. The summed E-state index contributed by atoms with van der Waals surface area (Å²) in [5, 5.41) is 6.62. The van der Waals surface area contributed by atoms with E-state index in [0.29, 0.717) is 32.5 Å². The summed E-state index contributed by atoms with van der Waals surface area (Å²) in [4.78, 5) is 8.87. The second-order valence-electron chi connectivity index (χ2n) is 8.58. The number of nitrogens with one attached hydrogen (secondary N) is 2. The molecule has 2 N–H and O–H groups in total. The van der Waals surface area contributed by atoms with Crippen molar-refractivity contribution < 1.29 is 21.6 Å². The molecule has 0 aromatic carbocycles. The zero-order chi connectivity index (χ0) is 24.5. The van der Waals surface area contributed by atoms with Crippen molar-refractivity contribution in [2.24, 2.45) is 16.8 Å². The Kier molecular flexibility index (Phi) is 10.5. The van der Waals surface area contributed by atoms with E-state index >= 15 is 0 Å². The SMILES string of the molecule is C=C[C@@H](CN=CC(C)NCc1ccc(S(=O)(=O)CC)cn1)NCC1CCC(C(F)(F)F)CC1. The number of aliphatic imine (C=N–C) groups is 1. The molecule has 1 aromatic heterocycles. The van der Waals surface area contributed by atoms with Crippen LogP contribution in [0.15, 0.2) is 40.9 Å². The first kappa shape index (κ1) is 27.5. The Hall–Kier alpha value is -1.78. The van der Waals surface area contributed by atoms with Gasteiger partial charge in [-0.2, -0.15) is 13.2 Å². The van der Waals surface area contributed by atoms with Crippen LogP contribution in [0, 0.1) is 11.8 Å². The number of sulfone groups is 1. The lowest BCUT2D eigenvalue weighted by Crippen LogP contribution is -2.37. The number of aromatic nitrogens is 1. The lowest BCUT2D eigenvalue weighted by molar-refractivity contribution is -0.183. The quantitative estimate of drug-likeness (QED) is 0.344. The first-order valence-corrected chi connectivity index (χ1v) is 13.0. The zero-order valence-corrected chi connectivity index (χ0v) is 20.1. The fourth-order valence-corrected chi connectivity index (χ4v) is 4.57. The highest BCUT2D eigenvalue weighted by molar-refractivity contribution is 7.91. The molecule has 0 amide bonds. The molecule has 2 rings (SSSR count). The summed E-state index contributed by atoms with van der Waals surface area (Å²) in [5.41, 5.74) is 0.733. The maximum Gasteiger partial charge on any atom is 0.391 e. The topological polar surface area (TPSA) is 83.5 Å². The maximum absolute atomic E-state index is 12.8. The predicted molar refractivity (Wildman–Crippen MR) is 125 cm³/mol. The van der Waals surface area contributed by atoms with Gasteiger partial charge in [-0.3, -0.25) is 9.98 Å². The van der Waals surface area contributed by atoms with Crippen molar-refractivity contribution in [2.45, 2.75) is 69.2 Å². The van der Waals surface area contributed by atoms with E-state index in [-0.39, 0.29) is 41.5 Å². The highest BCUT2D eigenvalue weighted by Crippen LogP contribution is 2.39. The van der Waals surface area contributed by atoms with E-state index in [0.717, 1.165) is 5.69 Å². The van der Waals surface area contributed by atoms with E-state index in [1.807, 2.05) is 6.92 Å². The molecule has 1 fully saturated rings. The largest absolute Gasteiger partial charge is 0.391 e. The number of rotatable bonds is 12. The molecule has 0 spiro atoms. The van der Waals surface area contributed by atoms with Gasteiger partial charge in [0, 0.05) is 31.0 Å². The number of alkyl halides is 3. The van der Waals surface area contributed by atoms with E-state index in [4.69, 9.17) is 0 Å². The van der Waals surface area contributed by atoms with Crippen LogP contribution in [0.25, 0.3) is 0 Å². The van der Waals surface area contributed by atoms with Gasteiger partial charge in [0.1, 0.15) is 0 Å². The second-order valence-corrected chi connectivity index (χ2v) is 10.9. The second kappa shape index (κ2) is 12.6. The van der Waals surface area contributed by atoms with Crippen LogP contribution >= 0.6 is 0 Å².